The lowest BCUT2D eigenvalue weighted by molar-refractivity contribution is -0.142. The van der Waals surface area contributed by atoms with Crippen LogP contribution in [0.25, 0.3) is 11.1 Å². The Morgan fingerprint density at radius 1 is 0.968 bits per heavy atom. The summed E-state index contributed by atoms with van der Waals surface area (Å²) >= 11 is 0. The van der Waals surface area contributed by atoms with Crippen molar-refractivity contribution >= 4 is 18.0 Å². The fourth-order valence-corrected chi connectivity index (χ4v) is 3.98. The van der Waals surface area contributed by atoms with Gasteiger partial charge in [-0.15, -0.1) is 0 Å². The molecule has 0 aliphatic heterocycles. The summed E-state index contributed by atoms with van der Waals surface area (Å²) in [5.41, 5.74) is 4.44. The number of aliphatic carboxylic acids is 1. The molecule has 1 N–H and O–H groups in total. The lowest BCUT2D eigenvalue weighted by atomic mass is 9.98. The maximum atomic E-state index is 12.6. The summed E-state index contributed by atoms with van der Waals surface area (Å²) in [5, 5.41) is 9.56. The first-order valence-corrected chi connectivity index (χ1v) is 10.3. The van der Waals surface area contributed by atoms with Crippen molar-refractivity contribution in [1.29, 1.82) is 0 Å². The number of benzene rings is 2. The van der Waals surface area contributed by atoms with Gasteiger partial charge in [0, 0.05) is 33.5 Å². The lowest BCUT2D eigenvalue weighted by Crippen LogP contribution is -2.43. The van der Waals surface area contributed by atoms with E-state index in [1.807, 2.05) is 36.4 Å². The monoisotopic (exact) mass is 424 g/mol. The minimum Gasteiger partial charge on any atom is -0.480 e. The summed E-state index contributed by atoms with van der Waals surface area (Å²) in [7, 11) is 4.73. The smallest absolute Gasteiger partial charge is 0.410 e. The van der Waals surface area contributed by atoms with Gasteiger partial charge in [0.2, 0.25) is 5.91 Å². The van der Waals surface area contributed by atoms with Crippen molar-refractivity contribution in [3.05, 3.63) is 59.7 Å². The maximum Gasteiger partial charge on any atom is 0.410 e. The van der Waals surface area contributed by atoms with Crippen LogP contribution < -0.4 is 0 Å². The first kappa shape index (κ1) is 22.3. The molecule has 2 aromatic rings. The minimum absolute atomic E-state index is 0.0760. The van der Waals surface area contributed by atoms with Crippen molar-refractivity contribution in [3.8, 4) is 11.1 Å². The topological polar surface area (TPSA) is 87.2 Å². The number of carbonyl (C=O) groups excluding carboxylic acids is 2. The zero-order valence-corrected chi connectivity index (χ0v) is 18.1. The quantitative estimate of drug-likeness (QED) is 0.700. The van der Waals surface area contributed by atoms with Gasteiger partial charge >= 0.3 is 12.1 Å². The maximum absolute atomic E-state index is 12.6. The van der Waals surface area contributed by atoms with Crippen molar-refractivity contribution in [1.82, 2.24) is 9.80 Å². The number of fused-ring (bicyclic) bond motifs is 3. The second kappa shape index (κ2) is 9.64. The first-order valence-electron chi connectivity index (χ1n) is 10.3. The molecule has 164 valence electrons. The van der Waals surface area contributed by atoms with E-state index in [0.717, 1.165) is 27.2 Å². The summed E-state index contributed by atoms with van der Waals surface area (Å²) in [4.78, 5) is 38.6. The average molecular weight is 424 g/mol. The molecule has 7 nitrogen and oxygen atoms in total. The number of carbonyl (C=O) groups is 3. The number of hydrogen-bond acceptors (Lipinski definition) is 4. The molecule has 0 aromatic heterocycles. The van der Waals surface area contributed by atoms with Crippen molar-refractivity contribution in [2.75, 3.05) is 27.7 Å². The summed E-state index contributed by atoms with van der Waals surface area (Å²) in [6.45, 7) is 0.128. The highest BCUT2D eigenvalue weighted by molar-refractivity contribution is 5.81. The molecule has 3 rings (SSSR count). The van der Waals surface area contributed by atoms with Crippen LogP contribution in [0.2, 0.25) is 0 Å². The van der Waals surface area contributed by atoms with Crippen molar-refractivity contribution in [2.45, 2.75) is 31.2 Å². The fraction of sp³-hybridized carbons (Fsp3) is 0.375. The van der Waals surface area contributed by atoms with Crippen LogP contribution in [0.15, 0.2) is 48.5 Å². The Morgan fingerprint density at radius 2 is 1.52 bits per heavy atom. The van der Waals surface area contributed by atoms with Crippen LogP contribution in [-0.4, -0.2) is 66.7 Å². The van der Waals surface area contributed by atoms with Crippen LogP contribution in [0.1, 0.15) is 36.3 Å². The van der Waals surface area contributed by atoms with E-state index < -0.39 is 18.1 Å². The Hall–Kier alpha value is -3.35. The van der Waals surface area contributed by atoms with Gasteiger partial charge in [0.25, 0.3) is 0 Å². The molecule has 1 aliphatic rings. The Morgan fingerprint density at radius 3 is 2.03 bits per heavy atom. The highest BCUT2D eigenvalue weighted by atomic mass is 16.6. The first-order chi connectivity index (χ1) is 14.8. The Bertz CT molecular complexity index is 926. The average Bonchev–Trinajstić information content (AvgIpc) is 3.08. The number of amides is 2. The van der Waals surface area contributed by atoms with Gasteiger partial charge in [0.1, 0.15) is 12.6 Å². The Kier molecular flexibility index (Phi) is 6.95. The van der Waals surface area contributed by atoms with Crippen LogP contribution in [0.4, 0.5) is 4.79 Å². The van der Waals surface area contributed by atoms with E-state index in [-0.39, 0.29) is 31.3 Å². The summed E-state index contributed by atoms with van der Waals surface area (Å²) in [6, 6.07) is 15.0. The largest absolute Gasteiger partial charge is 0.480 e. The number of rotatable bonds is 8. The summed E-state index contributed by atoms with van der Waals surface area (Å²) in [6.07, 6.45) is 0.0908. The van der Waals surface area contributed by atoms with Crippen molar-refractivity contribution in [3.63, 3.8) is 0 Å². The molecular formula is C24H28N2O5. The normalized spacial score (nSPS) is 13.1. The van der Waals surface area contributed by atoms with Gasteiger partial charge < -0.3 is 14.7 Å². The highest BCUT2D eigenvalue weighted by Crippen LogP contribution is 2.44. The van der Waals surface area contributed by atoms with Crippen molar-refractivity contribution in [2.24, 2.45) is 0 Å². The van der Waals surface area contributed by atoms with E-state index in [0.29, 0.717) is 6.42 Å². The minimum atomic E-state index is -1.12. The Labute approximate surface area is 182 Å². The summed E-state index contributed by atoms with van der Waals surface area (Å²) in [5.74, 6) is -1.29. The van der Waals surface area contributed by atoms with E-state index in [2.05, 4.69) is 12.1 Å². The molecule has 1 unspecified atom stereocenters. The van der Waals surface area contributed by atoms with Crippen LogP contribution in [0, 0.1) is 0 Å². The van der Waals surface area contributed by atoms with Gasteiger partial charge in [-0.2, -0.15) is 0 Å². The van der Waals surface area contributed by atoms with Gasteiger partial charge in [-0.3, -0.25) is 9.69 Å². The van der Waals surface area contributed by atoms with Gasteiger partial charge in [-0.05, 0) is 35.1 Å². The van der Waals surface area contributed by atoms with Gasteiger partial charge in [-0.25, -0.2) is 9.59 Å². The third-order valence-corrected chi connectivity index (χ3v) is 5.74. The lowest BCUT2D eigenvalue weighted by Gasteiger charge is -2.25. The predicted molar refractivity (Wildman–Crippen MR) is 117 cm³/mol. The van der Waals surface area contributed by atoms with E-state index in [1.54, 1.807) is 14.1 Å². The molecule has 0 spiro atoms. The van der Waals surface area contributed by atoms with E-state index in [4.69, 9.17) is 4.74 Å². The molecule has 0 saturated carbocycles. The number of carboxylic acid groups (broad SMARTS) is 1. The predicted octanol–water partition coefficient (Wildman–Crippen LogP) is 3.58. The third kappa shape index (κ3) is 4.87. The number of hydrogen-bond donors (Lipinski definition) is 1. The standard InChI is InChI=1S/C24H28N2O5/c1-25(2)22(27)14-8-13-21(23(28)29)26(3)24(30)31-15-20-18-11-6-4-9-16(18)17-10-5-7-12-19(17)20/h4-7,9-12,20-21H,8,13-15H2,1-3H3,(H,28,29). The molecule has 0 saturated heterocycles. The van der Waals surface area contributed by atoms with Gasteiger partial charge in [-0.1, -0.05) is 48.5 Å². The molecule has 1 aliphatic carbocycles. The van der Waals surface area contributed by atoms with E-state index in [9.17, 15) is 19.5 Å². The molecule has 0 bridgehead atoms. The summed E-state index contributed by atoms with van der Waals surface area (Å²) < 4.78 is 5.55. The molecule has 1 atom stereocenters. The third-order valence-electron chi connectivity index (χ3n) is 5.74. The van der Waals surface area contributed by atoms with Gasteiger partial charge in [0.15, 0.2) is 0 Å². The van der Waals surface area contributed by atoms with Crippen molar-refractivity contribution < 1.29 is 24.2 Å². The second-order valence-corrected chi connectivity index (χ2v) is 7.95. The molecule has 2 amide bonds. The molecule has 2 aromatic carbocycles. The van der Waals surface area contributed by atoms with Gasteiger partial charge in [0.05, 0.1) is 0 Å². The molecule has 0 fully saturated rings. The van der Waals surface area contributed by atoms with Crippen LogP contribution >= 0.6 is 0 Å². The number of likely N-dealkylation sites (N-methyl/N-ethyl adjacent to an activating group) is 1. The molecule has 0 heterocycles. The molecule has 0 radical (unpaired) electrons. The second-order valence-electron chi connectivity index (χ2n) is 7.95. The number of ether oxygens (including phenoxy) is 1. The molecule has 7 heteroatoms. The van der Waals surface area contributed by atoms with Crippen LogP contribution in [0.5, 0.6) is 0 Å². The zero-order valence-electron chi connectivity index (χ0n) is 18.1. The number of nitrogens with zero attached hydrogens (tertiary/aromatic N) is 2. The molecule has 31 heavy (non-hydrogen) atoms. The van der Waals surface area contributed by atoms with E-state index in [1.165, 1.54) is 11.9 Å². The zero-order chi connectivity index (χ0) is 22.5. The highest BCUT2D eigenvalue weighted by Gasteiger charge is 2.31. The Balaban J connectivity index is 1.64. The van der Waals surface area contributed by atoms with Crippen LogP contribution in [-0.2, 0) is 14.3 Å². The van der Waals surface area contributed by atoms with E-state index >= 15 is 0 Å². The fourth-order valence-electron chi connectivity index (χ4n) is 3.98. The number of carboxylic acids is 1. The molecular weight excluding hydrogens is 396 g/mol. The SMILES string of the molecule is CN(C)C(=O)CCCC(C(=O)O)N(C)C(=O)OCC1c2ccccc2-c2ccccc21. The van der Waals surface area contributed by atoms with Crippen LogP contribution in [0.3, 0.4) is 0 Å².